The van der Waals surface area contributed by atoms with Crippen molar-refractivity contribution in [3.8, 4) is 0 Å². The van der Waals surface area contributed by atoms with Gasteiger partial charge in [-0.1, -0.05) is 19.4 Å². The molecule has 1 unspecified atom stereocenters. The molecule has 24 heavy (non-hydrogen) atoms. The van der Waals surface area contributed by atoms with Gasteiger partial charge in [-0.2, -0.15) is 0 Å². The number of carboxylic acids is 1. The first-order valence-corrected chi connectivity index (χ1v) is 8.66. The highest BCUT2D eigenvalue weighted by atomic mass is 16.5. The molecule has 0 aliphatic carbocycles. The molecule has 0 rings (SSSR count). The van der Waals surface area contributed by atoms with Crippen molar-refractivity contribution >= 4 is 17.9 Å². The predicted octanol–water partition coefficient (Wildman–Crippen LogP) is 3.63. The lowest BCUT2D eigenvalue weighted by Crippen LogP contribution is -2.12. The molecular weight excluding hydrogens is 312 g/mol. The van der Waals surface area contributed by atoms with E-state index >= 15 is 0 Å². The Balaban J connectivity index is 3.38. The summed E-state index contributed by atoms with van der Waals surface area (Å²) >= 11 is 0. The van der Waals surface area contributed by atoms with Crippen LogP contribution in [0.5, 0.6) is 0 Å². The van der Waals surface area contributed by atoms with Gasteiger partial charge >= 0.3 is 17.9 Å². The number of unbranched alkanes of at least 4 members (excludes halogenated alkanes) is 5. The van der Waals surface area contributed by atoms with Gasteiger partial charge < -0.3 is 14.6 Å². The van der Waals surface area contributed by atoms with E-state index in [1.54, 1.807) is 0 Å². The Morgan fingerprint density at radius 3 is 2.25 bits per heavy atom. The summed E-state index contributed by atoms with van der Waals surface area (Å²) in [5.74, 6) is -1.37. The minimum absolute atomic E-state index is 0.126. The number of carboxylic acid groups (broad SMARTS) is 1. The van der Waals surface area contributed by atoms with Crippen molar-refractivity contribution in [2.75, 3.05) is 6.61 Å². The van der Waals surface area contributed by atoms with Crippen molar-refractivity contribution in [3.05, 3.63) is 12.7 Å². The van der Waals surface area contributed by atoms with Crippen molar-refractivity contribution in [1.82, 2.24) is 0 Å². The molecule has 0 heterocycles. The smallest absolute Gasteiger partial charge is 0.330 e. The molecule has 6 nitrogen and oxygen atoms in total. The average molecular weight is 342 g/mol. The number of esters is 2. The zero-order valence-corrected chi connectivity index (χ0v) is 14.6. The van der Waals surface area contributed by atoms with E-state index in [0.29, 0.717) is 19.4 Å². The third-order valence-corrected chi connectivity index (χ3v) is 3.52. The number of carbonyl (C=O) groups excluding carboxylic acids is 2. The van der Waals surface area contributed by atoms with Crippen molar-refractivity contribution < 1.29 is 29.0 Å². The van der Waals surface area contributed by atoms with Crippen molar-refractivity contribution in [1.29, 1.82) is 0 Å². The van der Waals surface area contributed by atoms with Crippen molar-refractivity contribution in [2.24, 2.45) is 0 Å². The van der Waals surface area contributed by atoms with E-state index in [2.05, 4.69) is 6.58 Å². The van der Waals surface area contributed by atoms with Gasteiger partial charge in [-0.25, -0.2) is 4.79 Å². The molecule has 138 valence electrons. The van der Waals surface area contributed by atoms with Crippen molar-refractivity contribution in [2.45, 2.75) is 77.2 Å². The van der Waals surface area contributed by atoms with Gasteiger partial charge in [-0.15, -0.1) is 0 Å². The second kappa shape index (κ2) is 14.7. The van der Waals surface area contributed by atoms with Crippen LogP contribution in [0.25, 0.3) is 0 Å². The maximum Gasteiger partial charge on any atom is 0.330 e. The first-order chi connectivity index (χ1) is 11.5. The number of carbonyl (C=O) groups is 3. The average Bonchev–Trinajstić information content (AvgIpc) is 2.53. The van der Waals surface area contributed by atoms with Crippen LogP contribution in [0.15, 0.2) is 12.7 Å². The van der Waals surface area contributed by atoms with Crippen molar-refractivity contribution in [3.63, 3.8) is 0 Å². The summed E-state index contributed by atoms with van der Waals surface area (Å²) in [5, 5.41) is 8.50. The standard InChI is InChI=1S/C18H30O6/c1-3-17(21)24-15(2)11-7-6-10-14-23-18(22)13-9-5-4-8-12-16(19)20/h3,15H,1,4-14H2,2H3,(H,19,20). The van der Waals surface area contributed by atoms with Crippen LogP contribution in [0.1, 0.15) is 71.1 Å². The second-order valence-corrected chi connectivity index (χ2v) is 5.83. The number of hydrogen-bond donors (Lipinski definition) is 1. The molecule has 0 saturated heterocycles. The molecule has 0 aliphatic heterocycles. The molecule has 0 amide bonds. The van der Waals surface area contributed by atoms with Crippen LogP contribution >= 0.6 is 0 Å². The van der Waals surface area contributed by atoms with Gasteiger partial charge in [0.1, 0.15) is 0 Å². The molecule has 0 spiro atoms. The van der Waals surface area contributed by atoms with Gasteiger partial charge in [0.15, 0.2) is 0 Å². The summed E-state index contributed by atoms with van der Waals surface area (Å²) in [6.45, 7) is 5.61. The Bertz CT molecular complexity index is 391. The SMILES string of the molecule is C=CC(=O)OC(C)CCCCCOC(=O)CCCCCCC(=O)O. The Morgan fingerprint density at radius 2 is 1.62 bits per heavy atom. The third-order valence-electron chi connectivity index (χ3n) is 3.52. The van der Waals surface area contributed by atoms with Crippen LogP contribution in [0.4, 0.5) is 0 Å². The lowest BCUT2D eigenvalue weighted by molar-refractivity contribution is -0.144. The highest BCUT2D eigenvalue weighted by molar-refractivity contribution is 5.81. The molecule has 0 saturated carbocycles. The summed E-state index contributed by atoms with van der Waals surface area (Å²) in [5.41, 5.74) is 0. The largest absolute Gasteiger partial charge is 0.481 e. The van der Waals surface area contributed by atoms with E-state index in [-0.39, 0.29) is 18.5 Å². The topological polar surface area (TPSA) is 89.9 Å². The fourth-order valence-electron chi connectivity index (χ4n) is 2.17. The molecule has 1 N–H and O–H groups in total. The Kier molecular flexibility index (Phi) is 13.6. The maximum atomic E-state index is 11.5. The van der Waals surface area contributed by atoms with E-state index in [1.807, 2.05) is 6.92 Å². The van der Waals surface area contributed by atoms with Gasteiger partial charge in [0.2, 0.25) is 0 Å². The van der Waals surface area contributed by atoms with Crippen LogP contribution in [-0.4, -0.2) is 35.7 Å². The molecule has 0 aromatic carbocycles. The van der Waals surface area contributed by atoms with E-state index in [9.17, 15) is 14.4 Å². The van der Waals surface area contributed by atoms with Crippen LogP contribution in [0.2, 0.25) is 0 Å². The fraction of sp³-hybridized carbons (Fsp3) is 0.722. The minimum Gasteiger partial charge on any atom is -0.481 e. The van der Waals surface area contributed by atoms with Crippen LogP contribution in [-0.2, 0) is 23.9 Å². The van der Waals surface area contributed by atoms with Gasteiger partial charge in [0.05, 0.1) is 12.7 Å². The summed E-state index contributed by atoms with van der Waals surface area (Å²) in [6.07, 6.45) is 8.09. The third kappa shape index (κ3) is 15.1. The number of rotatable bonds is 15. The highest BCUT2D eigenvalue weighted by Crippen LogP contribution is 2.09. The summed E-state index contributed by atoms with van der Waals surface area (Å²) < 4.78 is 10.2. The Hall–Kier alpha value is -1.85. The first kappa shape index (κ1) is 22.1. The second-order valence-electron chi connectivity index (χ2n) is 5.83. The lowest BCUT2D eigenvalue weighted by Gasteiger charge is -2.11. The molecule has 0 aliphatic rings. The molecule has 0 radical (unpaired) electrons. The molecule has 1 atom stereocenters. The molecular formula is C18H30O6. The number of ether oxygens (including phenoxy) is 2. The normalized spacial score (nSPS) is 11.5. The van der Waals surface area contributed by atoms with E-state index in [1.165, 1.54) is 0 Å². The summed E-state index contributed by atoms with van der Waals surface area (Å²) in [7, 11) is 0. The lowest BCUT2D eigenvalue weighted by atomic mass is 10.1. The van der Waals surface area contributed by atoms with E-state index in [0.717, 1.165) is 51.0 Å². The molecule has 0 fully saturated rings. The number of hydrogen-bond acceptors (Lipinski definition) is 5. The first-order valence-electron chi connectivity index (χ1n) is 8.66. The van der Waals surface area contributed by atoms with Gasteiger partial charge in [0, 0.05) is 18.9 Å². The molecule has 0 aromatic heterocycles. The van der Waals surface area contributed by atoms with Crippen LogP contribution in [0.3, 0.4) is 0 Å². The monoisotopic (exact) mass is 342 g/mol. The quantitative estimate of drug-likeness (QED) is 0.278. The zero-order chi connectivity index (χ0) is 18.2. The van der Waals surface area contributed by atoms with Gasteiger partial charge in [-0.3, -0.25) is 9.59 Å². The van der Waals surface area contributed by atoms with E-state index < -0.39 is 11.9 Å². The van der Waals surface area contributed by atoms with E-state index in [4.69, 9.17) is 14.6 Å². The molecule has 0 aromatic rings. The zero-order valence-electron chi connectivity index (χ0n) is 14.6. The highest BCUT2D eigenvalue weighted by Gasteiger charge is 2.06. The van der Waals surface area contributed by atoms with Crippen LogP contribution in [0, 0.1) is 0 Å². The van der Waals surface area contributed by atoms with Crippen LogP contribution < -0.4 is 0 Å². The Morgan fingerprint density at radius 1 is 1.00 bits per heavy atom. The molecule has 6 heteroatoms. The van der Waals surface area contributed by atoms with Gasteiger partial charge in [0.25, 0.3) is 0 Å². The maximum absolute atomic E-state index is 11.5. The number of aliphatic carboxylic acids is 1. The minimum atomic E-state index is -0.775. The summed E-state index contributed by atoms with van der Waals surface area (Å²) in [4.78, 5) is 32.8. The molecule has 0 bridgehead atoms. The predicted molar refractivity (Wildman–Crippen MR) is 90.5 cm³/mol. The fourth-order valence-corrected chi connectivity index (χ4v) is 2.17. The summed E-state index contributed by atoms with van der Waals surface area (Å²) in [6, 6.07) is 0. The Labute approximate surface area is 144 Å². The van der Waals surface area contributed by atoms with Gasteiger partial charge in [-0.05, 0) is 45.4 Å².